The van der Waals surface area contributed by atoms with E-state index in [1.165, 1.54) is 0 Å². The summed E-state index contributed by atoms with van der Waals surface area (Å²) < 4.78 is 25.1. The van der Waals surface area contributed by atoms with Gasteiger partial charge in [0.05, 0.1) is 0 Å². The molecule has 1 aliphatic carbocycles. The minimum absolute atomic E-state index is 0.179. The van der Waals surface area contributed by atoms with Crippen molar-refractivity contribution in [2.75, 3.05) is 0 Å². The molecular weight excluding hydrogens is 146 g/mol. The molecule has 0 spiro atoms. The molecule has 66 valence electrons. The van der Waals surface area contributed by atoms with E-state index in [1.54, 1.807) is 0 Å². The quantitative estimate of drug-likeness (QED) is 0.596. The lowest BCUT2D eigenvalue weighted by Crippen LogP contribution is -2.31. The van der Waals surface area contributed by atoms with Gasteiger partial charge in [0.15, 0.2) is 0 Å². The van der Waals surface area contributed by atoms with Crippen molar-refractivity contribution in [3.05, 3.63) is 0 Å². The average molecular weight is 162 g/mol. The van der Waals surface area contributed by atoms with Gasteiger partial charge in [-0.15, -0.1) is 0 Å². The molecule has 0 aliphatic heterocycles. The third kappa shape index (κ3) is 1.17. The Hall–Kier alpha value is -0.140. The Morgan fingerprint density at radius 1 is 1.36 bits per heavy atom. The first-order chi connectivity index (χ1) is 4.96. The second-order valence-electron chi connectivity index (χ2n) is 4.19. The van der Waals surface area contributed by atoms with Gasteiger partial charge in [-0.25, -0.2) is 8.78 Å². The van der Waals surface area contributed by atoms with E-state index in [4.69, 9.17) is 0 Å². The first-order valence-electron chi connectivity index (χ1n) is 4.24. The predicted molar refractivity (Wildman–Crippen MR) is 41.7 cm³/mol. The van der Waals surface area contributed by atoms with Gasteiger partial charge in [0, 0.05) is 5.41 Å². The zero-order chi connectivity index (χ0) is 8.70. The van der Waals surface area contributed by atoms with Crippen molar-refractivity contribution in [3.8, 4) is 0 Å². The summed E-state index contributed by atoms with van der Waals surface area (Å²) in [6.07, 6.45) is 0.145. The molecule has 0 radical (unpaired) electrons. The van der Waals surface area contributed by atoms with Crippen molar-refractivity contribution in [3.63, 3.8) is 0 Å². The van der Waals surface area contributed by atoms with Crippen LogP contribution in [0.5, 0.6) is 0 Å². The highest BCUT2D eigenvalue weighted by Gasteiger charge is 2.59. The van der Waals surface area contributed by atoms with Gasteiger partial charge >= 0.3 is 0 Å². The van der Waals surface area contributed by atoms with Crippen LogP contribution in [-0.4, -0.2) is 6.43 Å². The molecule has 0 heterocycles. The summed E-state index contributed by atoms with van der Waals surface area (Å²) in [6.45, 7) is 5.89. The van der Waals surface area contributed by atoms with Crippen LogP contribution >= 0.6 is 0 Å². The Morgan fingerprint density at radius 3 is 1.91 bits per heavy atom. The third-order valence-electron chi connectivity index (χ3n) is 3.44. The van der Waals surface area contributed by atoms with Gasteiger partial charge in [-0.3, -0.25) is 0 Å². The van der Waals surface area contributed by atoms with Crippen molar-refractivity contribution >= 4 is 0 Å². The number of halogens is 2. The number of hydrogen-bond acceptors (Lipinski definition) is 0. The highest BCUT2D eigenvalue weighted by molar-refractivity contribution is 5.04. The molecule has 1 saturated carbocycles. The van der Waals surface area contributed by atoms with Gasteiger partial charge in [0.2, 0.25) is 6.43 Å². The molecule has 0 aromatic rings. The maximum atomic E-state index is 12.6. The van der Waals surface area contributed by atoms with Crippen molar-refractivity contribution in [2.45, 2.75) is 46.5 Å². The molecule has 11 heavy (non-hydrogen) atoms. The molecule has 0 nitrogen and oxygen atoms in total. The van der Waals surface area contributed by atoms with Gasteiger partial charge in [-0.2, -0.15) is 0 Å². The molecule has 0 N–H and O–H groups in total. The minimum atomic E-state index is -2.13. The molecule has 0 unspecified atom stereocenters. The van der Waals surface area contributed by atoms with E-state index in [1.807, 2.05) is 20.8 Å². The highest BCUT2D eigenvalue weighted by Crippen LogP contribution is 2.63. The van der Waals surface area contributed by atoms with Crippen LogP contribution in [0.25, 0.3) is 0 Å². The SMILES string of the molecule is CCC(C)(C)C1(C(F)F)CC1. The van der Waals surface area contributed by atoms with Crippen LogP contribution in [0.3, 0.4) is 0 Å². The van der Waals surface area contributed by atoms with Crippen molar-refractivity contribution in [1.29, 1.82) is 0 Å². The summed E-state index contributed by atoms with van der Waals surface area (Å²) in [6, 6.07) is 0. The van der Waals surface area contributed by atoms with Gasteiger partial charge in [0.25, 0.3) is 0 Å². The Balaban J connectivity index is 2.72. The van der Waals surface area contributed by atoms with Crippen molar-refractivity contribution < 1.29 is 8.78 Å². The molecule has 1 fully saturated rings. The fourth-order valence-corrected chi connectivity index (χ4v) is 1.68. The van der Waals surface area contributed by atoms with Gasteiger partial charge in [-0.1, -0.05) is 27.2 Å². The van der Waals surface area contributed by atoms with E-state index in [9.17, 15) is 8.78 Å². The second-order valence-corrected chi connectivity index (χ2v) is 4.19. The van der Waals surface area contributed by atoms with E-state index in [-0.39, 0.29) is 5.41 Å². The maximum absolute atomic E-state index is 12.6. The standard InChI is InChI=1S/C9H16F2/c1-4-8(2,3)9(5-6-9)7(10)11/h7H,4-6H2,1-3H3. The van der Waals surface area contributed by atoms with Crippen LogP contribution < -0.4 is 0 Å². The van der Waals surface area contributed by atoms with E-state index < -0.39 is 11.8 Å². The van der Waals surface area contributed by atoms with Crippen LogP contribution in [0.2, 0.25) is 0 Å². The molecule has 0 bridgehead atoms. The van der Waals surface area contributed by atoms with Crippen LogP contribution in [0, 0.1) is 10.8 Å². The first-order valence-corrected chi connectivity index (χ1v) is 4.24. The topological polar surface area (TPSA) is 0 Å². The molecule has 0 saturated heterocycles. The van der Waals surface area contributed by atoms with E-state index in [0.717, 1.165) is 6.42 Å². The monoisotopic (exact) mass is 162 g/mol. The summed E-state index contributed by atoms with van der Waals surface area (Å²) >= 11 is 0. The van der Waals surface area contributed by atoms with Crippen molar-refractivity contribution in [1.82, 2.24) is 0 Å². The van der Waals surface area contributed by atoms with Gasteiger partial charge in [0.1, 0.15) is 0 Å². The van der Waals surface area contributed by atoms with Gasteiger partial charge in [-0.05, 0) is 18.3 Å². The molecular formula is C9H16F2. The lowest BCUT2D eigenvalue weighted by atomic mass is 9.74. The summed E-state index contributed by atoms with van der Waals surface area (Å²) in [5, 5.41) is 0. The summed E-state index contributed by atoms with van der Waals surface area (Å²) in [5.74, 6) is 0. The molecule has 2 heteroatoms. The molecule has 0 atom stereocenters. The zero-order valence-electron chi connectivity index (χ0n) is 7.45. The lowest BCUT2D eigenvalue weighted by molar-refractivity contribution is -0.0141. The molecule has 1 rings (SSSR count). The number of alkyl halides is 2. The number of hydrogen-bond donors (Lipinski definition) is 0. The van der Waals surface area contributed by atoms with Crippen LogP contribution in [-0.2, 0) is 0 Å². The smallest absolute Gasteiger partial charge is 0.210 e. The molecule has 0 aromatic carbocycles. The Kier molecular flexibility index (Phi) is 1.97. The lowest BCUT2D eigenvalue weighted by Gasteiger charge is -2.33. The first kappa shape index (κ1) is 8.95. The molecule has 0 aromatic heterocycles. The fraction of sp³-hybridized carbons (Fsp3) is 1.00. The summed E-state index contributed by atoms with van der Waals surface area (Å²) in [5.41, 5.74) is -0.817. The highest BCUT2D eigenvalue weighted by atomic mass is 19.3. The minimum Gasteiger partial charge on any atom is -0.210 e. The van der Waals surface area contributed by atoms with Crippen LogP contribution in [0.1, 0.15) is 40.0 Å². The molecule has 1 aliphatic rings. The Labute approximate surface area is 67.0 Å². The number of rotatable bonds is 3. The Morgan fingerprint density at radius 2 is 1.82 bits per heavy atom. The van der Waals surface area contributed by atoms with Crippen molar-refractivity contribution in [2.24, 2.45) is 10.8 Å². The van der Waals surface area contributed by atoms with E-state index in [0.29, 0.717) is 12.8 Å². The summed E-state index contributed by atoms with van der Waals surface area (Å²) in [7, 11) is 0. The third-order valence-corrected chi connectivity index (χ3v) is 3.44. The largest absolute Gasteiger partial charge is 0.244 e. The zero-order valence-corrected chi connectivity index (χ0v) is 7.45. The van der Waals surface area contributed by atoms with Gasteiger partial charge < -0.3 is 0 Å². The van der Waals surface area contributed by atoms with Crippen LogP contribution in [0.4, 0.5) is 8.78 Å². The molecule has 0 amide bonds. The van der Waals surface area contributed by atoms with E-state index >= 15 is 0 Å². The summed E-state index contributed by atoms with van der Waals surface area (Å²) in [4.78, 5) is 0. The second kappa shape index (κ2) is 2.43. The fourth-order valence-electron chi connectivity index (χ4n) is 1.68. The normalized spacial score (nSPS) is 22.4. The van der Waals surface area contributed by atoms with Crippen LogP contribution in [0.15, 0.2) is 0 Å². The van der Waals surface area contributed by atoms with E-state index in [2.05, 4.69) is 0 Å². The predicted octanol–water partition coefficient (Wildman–Crippen LogP) is 3.47. The average Bonchev–Trinajstić information content (AvgIpc) is 2.66. The Bertz CT molecular complexity index is 146. The maximum Gasteiger partial charge on any atom is 0.244 e.